The van der Waals surface area contributed by atoms with Gasteiger partial charge >= 0.3 is 11.9 Å². The molecule has 0 bridgehead atoms. The molecule has 7 heteroatoms. The Balaban J connectivity index is 4.59. The molecule has 0 heterocycles. The lowest BCUT2D eigenvalue weighted by atomic mass is 10.0. The number of ether oxygens (including phenoxy) is 1. The molecule has 0 aromatic rings. The maximum Gasteiger partial charge on any atom is 0.326 e. The van der Waals surface area contributed by atoms with Crippen LogP contribution in [0.25, 0.3) is 0 Å². The Labute approximate surface area is 124 Å². The van der Waals surface area contributed by atoms with Gasteiger partial charge in [-0.2, -0.15) is 0 Å². The minimum atomic E-state index is -1.26. The molecule has 0 aliphatic rings. The molecule has 0 spiro atoms. The zero-order valence-corrected chi connectivity index (χ0v) is 13.0. The monoisotopic (exact) mass is 303 g/mol. The Morgan fingerprint density at radius 3 is 2.14 bits per heavy atom. The fraction of sp³-hybridized carbons (Fsp3) is 0.786. The second kappa shape index (κ2) is 9.33. The van der Waals surface area contributed by atoms with Crippen molar-refractivity contribution < 1.29 is 29.3 Å². The van der Waals surface area contributed by atoms with Gasteiger partial charge in [-0.3, -0.25) is 9.59 Å². The van der Waals surface area contributed by atoms with Gasteiger partial charge < -0.3 is 20.3 Å². The van der Waals surface area contributed by atoms with Gasteiger partial charge in [0.1, 0.15) is 12.1 Å². The van der Waals surface area contributed by atoms with Crippen molar-refractivity contribution in [1.29, 1.82) is 0 Å². The molecular formula is C14H25NO6. The Morgan fingerprint density at radius 1 is 1.14 bits per heavy atom. The maximum absolute atomic E-state index is 11.7. The summed E-state index contributed by atoms with van der Waals surface area (Å²) in [7, 11) is 0. The predicted molar refractivity (Wildman–Crippen MR) is 75.4 cm³/mol. The minimum Gasteiger partial charge on any atom is -0.480 e. The fourth-order valence-corrected chi connectivity index (χ4v) is 1.78. The van der Waals surface area contributed by atoms with Crippen LogP contribution in [0.1, 0.15) is 40.5 Å². The fourth-order valence-electron chi connectivity index (χ4n) is 1.78. The van der Waals surface area contributed by atoms with Crippen LogP contribution in [0.4, 0.5) is 0 Å². The number of carboxylic acid groups (broad SMARTS) is 1. The molecule has 3 N–H and O–H groups in total. The van der Waals surface area contributed by atoms with Crippen LogP contribution in [0.3, 0.4) is 0 Å². The second-order valence-corrected chi connectivity index (χ2v) is 5.43. The first-order chi connectivity index (χ1) is 9.68. The summed E-state index contributed by atoms with van der Waals surface area (Å²) in [4.78, 5) is 34.4. The summed E-state index contributed by atoms with van der Waals surface area (Å²) in [5, 5.41) is 21.0. The molecule has 3 atom stereocenters. The molecule has 122 valence electrons. The number of carbonyl (C=O) groups is 3. The molecule has 0 saturated heterocycles. The zero-order valence-electron chi connectivity index (χ0n) is 13.0. The number of esters is 1. The van der Waals surface area contributed by atoms with E-state index >= 15 is 0 Å². The summed E-state index contributed by atoms with van der Waals surface area (Å²) in [6.45, 7) is 7.08. The molecule has 0 aromatic carbocycles. The van der Waals surface area contributed by atoms with E-state index in [9.17, 15) is 19.5 Å². The van der Waals surface area contributed by atoms with Crippen molar-refractivity contribution in [3.63, 3.8) is 0 Å². The van der Waals surface area contributed by atoms with Crippen molar-refractivity contribution in [3.8, 4) is 0 Å². The normalized spacial score (nSPS) is 15.1. The van der Waals surface area contributed by atoms with E-state index in [1.807, 2.05) is 13.8 Å². The third-order valence-corrected chi connectivity index (χ3v) is 2.89. The van der Waals surface area contributed by atoms with E-state index < -0.39 is 35.9 Å². The minimum absolute atomic E-state index is 0.0890. The van der Waals surface area contributed by atoms with E-state index in [1.54, 1.807) is 6.92 Å². The number of hydrogen-bond donors (Lipinski definition) is 3. The average Bonchev–Trinajstić information content (AvgIpc) is 2.36. The highest BCUT2D eigenvalue weighted by molar-refractivity contribution is 5.86. The Bertz CT molecular complexity index is 368. The molecule has 0 aromatic heterocycles. The van der Waals surface area contributed by atoms with Crippen LogP contribution in [0, 0.1) is 11.8 Å². The van der Waals surface area contributed by atoms with Crippen LogP contribution in [-0.4, -0.2) is 46.8 Å². The quantitative estimate of drug-likeness (QED) is 0.536. The molecular weight excluding hydrogens is 278 g/mol. The maximum atomic E-state index is 11.7. The topological polar surface area (TPSA) is 113 Å². The Morgan fingerprint density at radius 2 is 1.71 bits per heavy atom. The molecule has 0 unspecified atom stereocenters. The molecule has 1 amide bonds. The number of rotatable bonds is 9. The first-order valence-corrected chi connectivity index (χ1v) is 7.06. The highest BCUT2D eigenvalue weighted by Gasteiger charge is 2.28. The second-order valence-electron chi connectivity index (χ2n) is 5.43. The van der Waals surface area contributed by atoms with Gasteiger partial charge in [0.2, 0.25) is 5.91 Å². The molecule has 0 aliphatic heterocycles. The number of carbonyl (C=O) groups excluding carboxylic acids is 2. The number of carboxylic acids is 1. The van der Waals surface area contributed by atoms with Gasteiger partial charge in [0, 0.05) is 0 Å². The summed E-state index contributed by atoms with van der Waals surface area (Å²) >= 11 is 0. The SMILES string of the molecule is CCOC(=O)[C@H](C)C[C@@H](NC(=O)[C@H](O)CC(C)C)C(=O)O. The van der Waals surface area contributed by atoms with E-state index in [1.165, 1.54) is 6.92 Å². The lowest BCUT2D eigenvalue weighted by molar-refractivity contribution is -0.149. The van der Waals surface area contributed by atoms with Crippen LogP contribution >= 0.6 is 0 Å². The molecule has 21 heavy (non-hydrogen) atoms. The summed E-state index contributed by atoms with van der Waals surface area (Å²) in [6, 6.07) is -1.24. The number of aliphatic carboxylic acids is 1. The van der Waals surface area contributed by atoms with Gasteiger partial charge in [-0.05, 0) is 25.7 Å². The van der Waals surface area contributed by atoms with Gasteiger partial charge in [-0.15, -0.1) is 0 Å². The van der Waals surface area contributed by atoms with Crippen molar-refractivity contribution in [2.45, 2.75) is 52.7 Å². The van der Waals surface area contributed by atoms with E-state index in [-0.39, 0.29) is 25.4 Å². The smallest absolute Gasteiger partial charge is 0.326 e. The van der Waals surface area contributed by atoms with E-state index in [2.05, 4.69) is 5.32 Å². The van der Waals surface area contributed by atoms with Crippen molar-refractivity contribution in [1.82, 2.24) is 5.32 Å². The first kappa shape index (κ1) is 19.4. The van der Waals surface area contributed by atoms with E-state index in [4.69, 9.17) is 9.84 Å². The summed E-state index contributed by atoms with van der Waals surface area (Å²) in [6.07, 6.45) is -1.11. The number of amides is 1. The van der Waals surface area contributed by atoms with E-state index in [0.717, 1.165) is 0 Å². The van der Waals surface area contributed by atoms with Crippen LogP contribution in [-0.2, 0) is 19.1 Å². The Kier molecular flexibility index (Phi) is 8.61. The molecule has 0 radical (unpaired) electrons. The number of aliphatic hydroxyl groups is 1. The molecule has 0 saturated carbocycles. The largest absolute Gasteiger partial charge is 0.480 e. The van der Waals surface area contributed by atoms with Crippen molar-refractivity contribution in [2.75, 3.05) is 6.61 Å². The third-order valence-electron chi connectivity index (χ3n) is 2.89. The Hall–Kier alpha value is -1.63. The van der Waals surface area contributed by atoms with Gasteiger partial charge in [-0.1, -0.05) is 20.8 Å². The van der Waals surface area contributed by atoms with Crippen molar-refractivity contribution >= 4 is 17.8 Å². The third kappa shape index (κ3) is 7.65. The van der Waals surface area contributed by atoms with Crippen LogP contribution in [0.5, 0.6) is 0 Å². The predicted octanol–water partition coefficient (Wildman–Crippen LogP) is 0.552. The zero-order chi connectivity index (χ0) is 16.6. The summed E-state index contributed by atoms with van der Waals surface area (Å²) in [5.74, 6) is -3.06. The highest BCUT2D eigenvalue weighted by Crippen LogP contribution is 2.10. The van der Waals surface area contributed by atoms with Crippen molar-refractivity contribution in [3.05, 3.63) is 0 Å². The van der Waals surface area contributed by atoms with Crippen LogP contribution in [0.15, 0.2) is 0 Å². The molecule has 7 nitrogen and oxygen atoms in total. The first-order valence-electron chi connectivity index (χ1n) is 7.06. The summed E-state index contributed by atoms with van der Waals surface area (Å²) < 4.78 is 4.80. The average molecular weight is 303 g/mol. The van der Waals surface area contributed by atoms with Crippen LogP contribution < -0.4 is 5.32 Å². The van der Waals surface area contributed by atoms with Gasteiger partial charge in [-0.25, -0.2) is 4.79 Å². The summed E-state index contributed by atoms with van der Waals surface area (Å²) in [5.41, 5.74) is 0. The lowest BCUT2D eigenvalue weighted by Crippen LogP contribution is -2.47. The molecule has 0 rings (SSSR count). The van der Waals surface area contributed by atoms with Gasteiger partial charge in [0.15, 0.2) is 0 Å². The van der Waals surface area contributed by atoms with E-state index in [0.29, 0.717) is 0 Å². The number of nitrogens with one attached hydrogen (secondary N) is 1. The molecule has 0 aliphatic carbocycles. The highest BCUT2D eigenvalue weighted by atomic mass is 16.5. The van der Waals surface area contributed by atoms with Crippen molar-refractivity contribution in [2.24, 2.45) is 11.8 Å². The van der Waals surface area contributed by atoms with Gasteiger partial charge in [0.25, 0.3) is 0 Å². The molecule has 0 fully saturated rings. The lowest BCUT2D eigenvalue weighted by Gasteiger charge is -2.20. The number of hydrogen-bond acceptors (Lipinski definition) is 5. The van der Waals surface area contributed by atoms with Crippen LogP contribution in [0.2, 0.25) is 0 Å². The standard InChI is InChI=1S/C14H25NO6/c1-5-21-14(20)9(4)7-10(13(18)19)15-12(17)11(16)6-8(2)3/h8-11,16H,5-7H2,1-4H3,(H,15,17)(H,18,19)/t9-,10-,11-/m1/s1. The van der Waals surface area contributed by atoms with Gasteiger partial charge in [0.05, 0.1) is 12.5 Å². The number of aliphatic hydroxyl groups excluding tert-OH is 1.